The van der Waals surface area contributed by atoms with Crippen molar-refractivity contribution in [1.29, 1.82) is 0 Å². The van der Waals surface area contributed by atoms with Gasteiger partial charge in [-0.25, -0.2) is 4.99 Å². The lowest BCUT2D eigenvalue weighted by Crippen LogP contribution is -2.20. The quantitative estimate of drug-likeness (QED) is 0.760. The minimum atomic E-state index is -0.114. The molecule has 1 aromatic rings. The van der Waals surface area contributed by atoms with Crippen LogP contribution in [0.1, 0.15) is 18.9 Å². The van der Waals surface area contributed by atoms with Gasteiger partial charge in [0.15, 0.2) is 5.76 Å². The van der Waals surface area contributed by atoms with Crippen molar-refractivity contribution in [2.75, 3.05) is 6.61 Å². The number of nitrogens with zero attached hydrogens (tertiary/aromatic N) is 1. The number of fused-ring (bicyclic) bond motifs is 3. The van der Waals surface area contributed by atoms with Crippen molar-refractivity contribution >= 4 is 22.8 Å². The van der Waals surface area contributed by atoms with Crippen LogP contribution in [0.4, 0.5) is 5.69 Å². The van der Waals surface area contributed by atoms with Gasteiger partial charge in [-0.05, 0) is 24.6 Å². The van der Waals surface area contributed by atoms with E-state index in [4.69, 9.17) is 4.74 Å². The van der Waals surface area contributed by atoms with E-state index in [1.165, 1.54) is 0 Å². The second-order valence-corrected chi connectivity index (χ2v) is 4.27. The Morgan fingerprint density at radius 1 is 1.22 bits per heavy atom. The molecule has 1 aliphatic carbocycles. The van der Waals surface area contributed by atoms with Crippen molar-refractivity contribution in [2.45, 2.75) is 13.3 Å². The van der Waals surface area contributed by atoms with Gasteiger partial charge in [0.1, 0.15) is 5.71 Å². The van der Waals surface area contributed by atoms with Crippen molar-refractivity contribution < 1.29 is 9.53 Å². The molecule has 90 valence electrons. The molecule has 1 aromatic carbocycles. The van der Waals surface area contributed by atoms with Gasteiger partial charge in [0.25, 0.3) is 0 Å². The molecule has 0 bridgehead atoms. The van der Waals surface area contributed by atoms with E-state index < -0.39 is 0 Å². The molecule has 18 heavy (non-hydrogen) atoms. The zero-order valence-corrected chi connectivity index (χ0v) is 10.1. The molecule has 3 heteroatoms. The fraction of sp³-hybridized carbons (Fsp3) is 0.200. The third-order valence-electron chi connectivity index (χ3n) is 2.98. The van der Waals surface area contributed by atoms with E-state index in [-0.39, 0.29) is 5.78 Å². The molecule has 0 N–H and O–H groups in total. The number of hydrogen-bond acceptors (Lipinski definition) is 3. The van der Waals surface area contributed by atoms with Crippen LogP contribution in [0.15, 0.2) is 47.2 Å². The van der Waals surface area contributed by atoms with Crippen molar-refractivity contribution in [3.8, 4) is 0 Å². The first-order valence-electron chi connectivity index (χ1n) is 6.09. The summed E-state index contributed by atoms with van der Waals surface area (Å²) in [5.74, 6) is 0.282. The molecule has 0 atom stereocenters. The number of Topliss-reactive ketones (excluding diaryl/α,β-unsaturated/α-hetero) is 1. The number of rotatable bonds is 3. The van der Waals surface area contributed by atoms with Crippen LogP contribution in [-0.4, -0.2) is 18.1 Å². The molecular formula is C15H13NO2. The van der Waals surface area contributed by atoms with Gasteiger partial charge in [0.2, 0.25) is 5.78 Å². The SMILES string of the molecule is CCCOC1=CC=C2C(=Nc3ccccc32)C1=O. The van der Waals surface area contributed by atoms with E-state index in [0.29, 0.717) is 18.1 Å². The van der Waals surface area contributed by atoms with Crippen LogP contribution in [0.25, 0.3) is 5.57 Å². The number of para-hydroxylation sites is 1. The van der Waals surface area contributed by atoms with Gasteiger partial charge < -0.3 is 4.74 Å². The maximum atomic E-state index is 12.2. The second kappa shape index (κ2) is 4.26. The van der Waals surface area contributed by atoms with Gasteiger partial charge in [-0.1, -0.05) is 25.1 Å². The summed E-state index contributed by atoms with van der Waals surface area (Å²) in [6.07, 6.45) is 4.54. The summed E-state index contributed by atoms with van der Waals surface area (Å²) >= 11 is 0. The summed E-state index contributed by atoms with van der Waals surface area (Å²) < 4.78 is 5.44. The van der Waals surface area contributed by atoms with Gasteiger partial charge in [-0.2, -0.15) is 0 Å². The van der Waals surface area contributed by atoms with E-state index in [0.717, 1.165) is 23.2 Å². The molecule has 3 rings (SSSR count). The van der Waals surface area contributed by atoms with Crippen LogP contribution in [0.5, 0.6) is 0 Å². The molecule has 0 fully saturated rings. The van der Waals surface area contributed by atoms with E-state index in [1.807, 2.05) is 37.3 Å². The molecule has 2 aliphatic rings. The second-order valence-electron chi connectivity index (χ2n) is 4.27. The first kappa shape index (κ1) is 11.0. The third-order valence-corrected chi connectivity index (χ3v) is 2.98. The molecular weight excluding hydrogens is 226 g/mol. The Hall–Kier alpha value is -2.16. The number of ketones is 1. The normalized spacial score (nSPS) is 16.5. The third kappa shape index (κ3) is 1.59. The summed E-state index contributed by atoms with van der Waals surface area (Å²) in [7, 11) is 0. The Morgan fingerprint density at radius 3 is 2.89 bits per heavy atom. The van der Waals surface area contributed by atoms with Crippen LogP contribution in [-0.2, 0) is 9.53 Å². The van der Waals surface area contributed by atoms with E-state index >= 15 is 0 Å². The molecule has 1 aliphatic heterocycles. The van der Waals surface area contributed by atoms with Crippen LogP contribution in [0, 0.1) is 0 Å². The fourth-order valence-corrected chi connectivity index (χ4v) is 2.13. The Labute approximate surface area is 105 Å². The number of benzene rings is 1. The molecule has 0 saturated carbocycles. The number of ether oxygens (including phenoxy) is 1. The molecule has 0 amide bonds. The minimum Gasteiger partial charge on any atom is -0.489 e. The minimum absolute atomic E-state index is 0.114. The predicted molar refractivity (Wildman–Crippen MR) is 70.8 cm³/mol. The van der Waals surface area contributed by atoms with Gasteiger partial charge in [-0.3, -0.25) is 4.79 Å². The molecule has 0 saturated heterocycles. The highest BCUT2D eigenvalue weighted by atomic mass is 16.5. The number of carbonyl (C=O) groups is 1. The zero-order valence-electron chi connectivity index (χ0n) is 10.1. The largest absolute Gasteiger partial charge is 0.489 e. The first-order valence-corrected chi connectivity index (χ1v) is 6.09. The number of aliphatic imine (C=N–C) groups is 1. The summed E-state index contributed by atoms with van der Waals surface area (Å²) in [5, 5.41) is 0. The maximum Gasteiger partial charge on any atom is 0.246 e. The summed E-state index contributed by atoms with van der Waals surface area (Å²) in [4.78, 5) is 16.6. The van der Waals surface area contributed by atoms with Crippen LogP contribution in [0.2, 0.25) is 0 Å². The van der Waals surface area contributed by atoms with Gasteiger partial charge in [0, 0.05) is 11.1 Å². The number of hydrogen-bond donors (Lipinski definition) is 0. The molecule has 0 spiro atoms. The number of carbonyl (C=O) groups excluding carboxylic acids is 1. The van der Waals surface area contributed by atoms with Crippen molar-refractivity contribution in [3.05, 3.63) is 47.7 Å². The molecule has 0 aromatic heterocycles. The highest BCUT2D eigenvalue weighted by Gasteiger charge is 2.30. The molecule has 1 heterocycles. The van der Waals surface area contributed by atoms with E-state index in [9.17, 15) is 4.79 Å². The van der Waals surface area contributed by atoms with Crippen molar-refractivity contribution in [2.24, 2.45) is 4.99 Å². The van der Waals surface area contributed by atoms with Crippen molar-refractivity contribution in [1.82, 2.24) is 0 Å². The van der Waals surface area contributed by atoms with Crippen LogP contribution >= 0.6 is 0 Å². The number of allylic oxidation sites excluding steroid dienone is 4. The standard InChI is InChI=1S/C15H13NO2/c1-2-9-18-13-8-7-11-10-5-3-4-6-12(10)16-14(11)15(13)17/h3-8H,2,9H2,1H3. The molecule has 0 radical (unpaired) electrons. The Bertz CT molecular complexity index is 609. The highest BCUT2D eigenvalue weighted by Crippen LogP contribution is 2.37. The lowest BCUT2D eigenvalue weighted by atomic mass is 9.95. The molecule has 3 nitrogen and oxygen atoms in total. The lowest BCUT2D eigenvalue weighted by Gasteiger charge is -2.12. The average Bonchev–Trinajstić information content (AvgIpc) is 2.78. The Morgan fingerprint density at radius 2 is 2.06 bits per heavy atom. The maximum absolute atomic E-state index is 12.2. The van der Waals surface area contributed by atoms with Crippen LogP contribution in [0.3, 0.4) is 0 Å². The summed E-state index contributed by atoms with van der Waals surface area (Å²) in [5.41, 5.74) is 3.29. The summed E-state index contributed by atoms with van der Waals surface area (Å²) in [6.45, 7) is 2.57. The topological polar surface area (TPSA) is 38.7 Å². The lowest BCUT2D eigenvalue weighted by molar-refractivity contribution is -0.112. The van der Waals surface area contributed by atoms with E-state index in [1.54, 1.807) is 6.08 Å². The predicted octanol–water partition coefficient (Wildman–Crippen LogP) is 3.05. The van der Waals surface area contributed by atoms with Gasteiger partial charge in [-0.15, -0.1) is 0 Å². The van der Waals surface area contributed by atoms with Crippen LogP contribution < -0.4 is 0 Å². The van der Waals surface area contributed by atoms with Crippen molar-refractivity contribution in [3.63, 3.8) is 0 Å². The first-order chi connectivity index (χ1) is 8.81. The van der Waals surface area contributed by atoms with E-state index in [2.05, 4.69) is 4.99 Å². The Kier molecular flexibility index (Phi) is 2.59. The monoisotopic (exact) mass is 239 g/mol. The Balaban J connectivity index is 1.99. The highest BCUT2D eigenvalue weighted by molar-refractivity contribution is 6.62. The zero-order chi connectivity index (χ0) is 12.5. The van der Waals surface area contributed by atoms with Gasteiger partial charge >= 0.3 is 0 Å². The smallest absolute Gasteiger partial charge is 0.246 e. The average molecular weight is 239 g/mol. The van der Waals surface area contributed by atoms with Gasteiger partial charge in [0.05, 0.1) is 12.3 Å². The molecule has 0 unspecified atom stereocenters. The summed E-state index contributed by atoms with van der Waals surface area (Å²) in [6, 6.07) is 7.78. The fourth-order valence-electron chi connectivity index (χ4n) is 2.13.